The van der Waals surface area contributed by atoms with Crippen LogP contribution in [0.15, 0.2) is 49.1 Å². The lowest BCUT2D eigenvalue weighted by atomic mass is 10.1. The summed E-state index contributed by atoms with van der Waals surface area (Å²) in [4.78, 5) is 8.59. The highest BCUT2D eigenvalue weighted by Crippen LogP contribution is 2.28. The van der Waals surface area contributed by atoms with E-state index >= 15 is 0 Å². The molecule has 11 heteroatoms. The van der Waals surface area contributed by atoms with Crippen LogP contribution in [0.1, 0.15) is 17.2 Å². The summed E-state index contributed by atoms with van der Waals surface area (Å²) < 4.78 is 56.8. The summed E-state index contributed by atoms with van der Waals surface area (Å²) in [6.07, 6.45) is -0.169. The van der Waals surface area contributed by atoms with Crippen LogP contribution in [0.5, 0.6) is 5.75 Å². The average molecular weight is 408 g/mol. The molecule has 3 heterocycles. The molecular formula is C18H16F4N6O. The molecule has 1 atom stereocenters. The van der Waals surface area contributed by atoms with Gasteiger partial charge >= 0.3 is 6.36 Å². The van der Waals surface area contributed by atoms with Crippen LogP contribution in [0.4, 0.5) is 17.6 Å². The summed E-state index contributed by atoms with van der Waals surface area (Å²) in [5, 5.41) is 0. The minimum absolute atomic E-state index is 0.00833. The first kappa shape index (κ1) is 19.3. The third-order valence-corrected chi connectivity index (χ3v) is 4.34. The molecule has 0 saturated carbocycles. The van der Waals surface area contributed by atoms with Gasteiger partial charge in [0.2, 0.25) is 0 Å². The number of aromatic nitrogens is 3. The Bertz CT molecular complexity index is 1000. The largest absolute Gasteiger partial charge is 0.573 e. The Morgan fingerprint density at radius 2 is 2.03 bits per heavy atom. The second kappa shape index (κ2) is 7.78. The minimum atomic E-state index is -4.96. The predicted octanol–water partition coefficient (Wildman–Crippen LogP) is 2.68. The van der Waals surface area contributed by atoms with Gasteiger partial charge in [-0.3, -0.25) is 4.98 Å². The highest BCUT2D eigenvalue weighted by atomic mass is 19.4. The first-order valence-electron chi connectivity index (χ1n) is 8.64. The number of ether oxygens (including phenoxy) is 1. The summed E-state index contributed by atoms with van der Waals surface area (Å²) in [6, 6.07) is 7.47. The number of benzene rings is 1. The van der Waals surface area contributed by atoms with Crippen LogP contribution in [0.3, 0.4) is 0 Å². The number of halogens is 4. The van der Waals surface area contributed by atoms with E-state index in [4.69, 9.17) is 0 Å². The summed E-state index contributed by atoms with van der Waals surface area (Å²) in [7, 11) is 0. The fraction of sp³-hybridized carbons (Fsp3) is 0.222. The van der Waals surface area contributed by atoms with Gasteiger partial charge in [0.15, 0.2) is 11.6 Å². The molecule has 152 valence electrons. The van der Waals surface area contributed by atoms with Gasteiger partial charge in [0.1, 0.15) is 5.69 Å². The van der Waals surface area contributed by atoms with Gasteiger partial charge in [-0.1, -0.05) is 12.1 Å². The Hall–Kier alpha value is -3.02. The Labute approximate surface area is 162 Å². The molecule has 3 aromatic rings. The predicted molar refractivity (Wildman–Crippen MR) is 94.7 cm³/mol. The van der Waals surface area contributed by atoms with E-state index in [1.54, 1.807) is 17.0 Å². The van der Waals surface area contributed by atoms with Crippen molar-refractivity contribution in [3.05, 3.63) is 66.0 Å². The zero-order valence-electron chi connectivity index (χ0n) is 14.9. The maximum Gasteiger partial charge on any atom is 0.573 e. The third kappa shape index (κ3) is 4.53. The number of hydrogen-bond donors (Lipinski definition) is 3. The number of hydrogen-bond acceptors (Lipinski definition) is 6. The quantitative estimate of drug-likeness (QED) is 0.564. The molecule has 0 spiro atoms. The fourth-order valence-corrected chi connectivity index (χ4v) is 3.00. The Kier molecular flexibility index (Phi) is 5.18. The van der Waals surface area contributed by atoms with E-state index in [0.717, 1.165) is 11.6 Å². The van der Waals surface area contributed by atoms with Gasteiger partial charge in [-0.15, -0.1) is 13.2 Å². The lowest BCUT2D eigenvalue weighted by molar-refractivity contribution is -0.275. The normalized spacial score (nSPS) is 16.9. The van der Waals surface area contributed by atoms with E-state index in [1.807, 2.05) is 12.1 Å². The summed E-state index contributed by atoms with van der Waals surface area (Å²) in [6.45, 7) is 0.694. The number of nitrogens with zero attached hydrogens (tertiary/aromatic N) is 3. The maximum atomic E-state index is 14.4. The molecule has 1 saturated heterocycles. The van der Waals surface area contributed by atoms with Crippen molar-refractivity contribution in [3.8, 4) is 17.1 Å². The Balaban J connectivity index is 1.53. The van der Waals surface area contributed by atoms with Crippen LogP contribution in [0, 0.1) is 5.82 Å². The van der Waals surface area contributed by atoms with Crippen molar-refractivity contribution in [1.82, 2.24) is 30.9 Å². The molecular weight excluding hydrogens is 392 g/mol. The third-order valence-electron chi connectivity index (χ3n) is 4.34. The van der Waals surface area contributed by atoms with Gasteiger partial charge in [-0.05, 0) is 23.8 Å². The van der Waals surface area contributed by atoms with Crippen LogP contribution in [0.25, 0.3) is 11.4 Å². The van der Waals surface area contributed by atoms with E-state index in [-0.39, 0.29) is 18.2 Å². The lowest BCUT2D eigenvalue weighted by Gasteiger charge is -2.12. The molecule has 0 bridgehead atoms. The standard InChI is InChI=1S/C18H16F4N6O/c19-17-12(2-1-3-16(17)29-18(20,21)22)8-28-9-15(24-10-28)13-6-11(4-5-23-13)14-7-25-27-26-14/h1-6,9-10,14,25-27H,7-8H2. The number of pyridine rings is 1. The van der Waals surface area contributed by atoms with Crippen molar-refractivity contribution in [2.45, 2.75) is 18.9 Å². The van der Waals surface area contributed by atoms with Crippen molar-refractivity contribution >= 4 is 0 Å². The molecule has 7 nitrogen and oxygen atoms in total. The fourth-order valence-electron chi connectivity index (χ4n) is 3.00. The van der Waals surface area contributed by atoms with Crippen molar-refractivity contribution in [3.63, 3.8) is 0 Å². The van der Waals surface area contributed by atoms with E-state index in [9.17, 15) is 17.6 Å². The number of rotatable bonds is 5. The second-order valence-corrected chi connectivity index (χ2v) is 6.39. The van der Waals surface area contributed by atoms with Crippen LogP contribution >= 0.6 is 0 Å². The SMILES string of the molecule is Fc1c(Cn2cnc(-c3cc(C4CNNN4)ccn3)c2)cccc1OC(F)(F)F. The zero-order chi connectivity index (χ0) is 20.4. The van der Waals surface area contributed by atoms with Crippen LogP contribution < -0.4 is 21.1 Å². The Morgan fingerprint density at radius 1 is 1.17 bits per heavy atom. The van der Waals surface area contributed by atoms with Crippen molar-refractivity contribution in [1.29, 1.82) is 0 Å². The molecule has 1 aromatic carbocycles. The first-order valence-corrected chi connectivity index (χ1v) is 8.64. The second-order valence-electron chi connectivity index (χ2n) is 6.39. The van der Waals surface area contributed by atoms with Gasteiger partial charge in [-0.25, -0.2) is 20.2 Å². The van der Waals surface area contributed by atoms with Crippen molar-refractivity contribution < 1.29 is 22.3 Å². The molecule has 1 fully saturated rings. The van der Waals surface area contributed by atoms with E-state index < -0.39 is 17.9 Å². The molecule has 1 aliphatic rings. The van der Waals surface area contributed by atoms with Crippen LogP contribution in [-0.4, -0.2) is 27.4 Å². The summed E-state index contributed by atoms with van der Waals surface area (Å²) >= 11 is 0. The van der Waals surface area contributed by atoms with E-state index in [2.05, 4.69) is 31.1 Å². The van der Waals surface area contributed by atoms with Gasteiger partial charge < -0.3 is 9.30 Å². The number of imidazole rings is 1. The smallest absolute Gasteiger partial charge is 0.403 e. The molecule has 1 aliphatic heterocycles. The molecule has 0 aliphatic carbocycles. The zero-order valence-corrected chi connectivity index (χ0v) is 14.9. The molecule has 0 radical (unpaired) electrons. The Morgan fingerprint density at radius 3 is 2.79 bits per heavy atom. The van der Waals surface area contributed by atoms with E-state index in [1.165, 1.54) is 18.5 Å². The molecule has 29 heavy (non-hydrogen) atoms. The molecule has 1 unspecified atom stereocenters. The summed E-state index contributed by atoms with van der Waals surface area (Å²) in [5.41, 5.74) is 11.1. The highest BCUT2D eigenvalue weighted by molar-refractivity contribution is 5.54. The van der Waals surface area contributed by atoms with Gasteiger partial charge in [0, 0.05) is 24.5 Å². The van der Waals surface area contributed by atoms with Gasteiger partial charge in [0.25, 0.3) is 0 Å². The number of alkyl halides is 3. The average Bonchev–Trinajstić information content (AvgIpc) is 3.36. The van der Waals surface area contributed by atoms with Gasteiger partial charge in [-0.2, -0.15) is 5.53 Å². The van der Waals surface area contributed by atoms with Crippen molar-refractivity contribution in [2.75, 3.05) is 6.54 Å². The van der Waals surface area contributed by atoms with Crippen molar-refractivity contribution in [2.24, 2.45) is 0 Å². The molecule has 2 aromatic heterocycles. The maximum absolute atomic E-state index is 14.4. The summed E-state index contributed by atoms with van der Waals surface area (Å²) in [5.74, 6) is -1.93. The highest BCUT2D eigenvalue weighted by Gasteiger charge is 2.32. The first-order chi connectivity index (χ1) is 13.9. The molecule has 4 rings (SSSR count). The monoisotopic (exact) mass is 408 g/mol. The minimum Gasteiger partial charge on any atom is -0.403 e. The molecule has 3 N–H and O–H groups in total. The van der Waals surface area contributed by atoms with E-state index in [0.29, 0.717) is 17.9 Å². The molecule has 0 amide bonds. The van der Waals surface area contributed by atoms with Crippen LogP contribution in [0.2, 0.25) is 0 Å². The number of nitrogens with one attached hydrogen (secondary N) is 3. The number of hydrazine groups is 2. The van der Waals surface area contributed by atoms with Gasteiger partial charge in [0.05, 0.1) is 24.6 Å². The van der Waals surface area contributed by atoms with Crippen LogP contribution in [-0.2, 0) is 6.54 Å². The topological polar surface area (TPSA) is 76.0 Å². The lowest BCUT2D eigenvalue weighted by Crippen LogP contribution is -2.30.